The predicted molar refractivity (Wildman–Crippen MR) is 122 cm³/mol. The van der Waals surface area contributed by atoms with Crippen LogP contribution in [0.2, 0.25) is 5.02 Å². The molecule has 0 aromatic heterocycles. The van der Waals surface area contributed by atoms with E-state index in [1.54, 1.807) is 19.1 Å². The van der Waals surface area contributed by atoms with E-state index in [2.05, 4.69) is 10.6 Å². The zero-order chi connectivity index (χ0) is 22.0. The van der Waals surface area contributed by atoms with Gasteiger partial charge in [-0.2, -0.15) is 0 Å². The minimum atomic E-state index is -1.07. The van der Waals surface area contributed by atoms with Gasteiger partial charge in [-0.15, -0.1) is 0 Å². The number of halogens is 1. The van der Waals surface area contributed by atoms with Crippen LogP contribution in [-0.2, 0) is 16.0 Å². The van der Waals surface area contributed by atoms with Crippen molar-refractivity contribution in [1.29, 1.82) is 0 Å². The Bertz CT molecular complexity index is 1030. The first-order valence-corrected chi connectivity index (χ1v) is 11.2. The summed E-state index contributed by atoms with van der Waals surface area (Å²) in [5.74, 6) is -0.875. The van der Waals surface area contributed by atoms with E-state index in [0.29, 0.717) is 23.0 Å². The molecule has 1 saturated carbocycles. The van der Waals surface area contributed by atoms with Crippen molar-refractivity contribution in [3.8, 4) is 0 Å². The molecule has 1 unspecified atom stereocenters. The maximum absolute atomic E-state index is 12.8. The lowest BCUT2D eigenvalue weighted by Crippen LogP contribution is -2.43. The molecule has 162 valence electrons. The third-order valence-electron chi connectivity index (χ3n) is 6.29. The van der Waals surface area contributed by atoms with E-state index in [4.69, 9.17) is 11.6 Å². The van der Waals surface area contributed by atoms with Crippen LogP contribution in [0.3, 0.4) is 0 Å². The quantitative estimate of drug-likeness (QED) is 0.556. The van der Waals surface area contributed by atoms with Crippen LogP contribution < -0.4 is 10.6 Å². The fraction of sp³-hybridized carbons (Fsp3) is 0.360. The molecule has 0 radical (unpaired) electrons. The van der Waals surface area contributed by atoms with Crippen molar-refractivity contribution < 1.29 is 14.7 Å². The molecule has 1 atom stereocenters. The molecule has 1 aliphatic carbocycles. The minimum absolute atomic E-state index is 0.249. The molecule has 5 nitrogen and oxygen atoms in total. The molecular weight excluding hydrogens is 412 g/mol. The summed E-state index contributed by atoms with van der Waals surface area (Å²) < 4.78 is 0. The number of anilines is 1. The molecule has 0 bridgehead atoms. The lowest BCUT2D eigenvalue weighted by molar-refractivity contribution is -0.121. The highest BCUT2D eigenvalue weighted by atomic mass is 35.5. The van der Waals surface area contributed by atoms with Crippen molar-refractivity contribution in [2.24, 2.45) is 0 Å². The van der Waals surface area contributed by atoms with Crippen molar-refractivity contribution in [2.45, 2.75) is 56.9 Å². The smallest absolute Gasteiger partial charge is 0.264 e. The van der Waals surface area contributed by atoms with Gasteiger partial charge in [0.2, 0.25) is 0 Å². The molecule has 4 rings (SSSR count). The van der Waals surface area contributed by atoms with Gasteiger partial charge in [-0.05, 0) is 61.1 Å². The number of rotatable bonds is 5. The first kappa shape index (κ1) is 21.4. The minimum Gasteiger partial charge on any atom is -0.509 e. The Labute approximate surface area is 187 Å². The van der Waals surface area contributed by atoms with Gasteiger partial charge >= 0.3 is 0 Å². The Morgan fingerprint density at radius 3 is 2.55 bits per heavy atom. The summed E-state index contributed by atoms with van der Waals surface area (Å²) in [5, 5.41) is 16.8. The highest BCUT2D eigenvalue weighted by molar-refractivity contribution is 6.30. The van der Waals surface area contributed by atoms with Crippen molar-refractivity contribution in [1.82, 2.24) is 5.32 Å². The number of nitrogens with one attached hydrogen (secondary N) is 2. The largest absolute Gasteiger partial charge is 0.509 e. The maximum Gasteiger partial charge on any atom is 0.264 e. The van der Waals surface area contributed by atoms with Crippen LogP contribution in [0.5, 0.6) is 0 Å². The average Bonchev–Trinajstić information content (AvgIpc) is 2.97. The number of hydrogen-bond acceptors (Lipinski definition) is 3. The Morgan fingerprint density at radius 2 is 1.87 bits per heavy atom. The van der Waals surface area contributed by atoms with Crippen molar-refractivity contribution in [3.05, 3.63) is 76.0 Å². The summed E-state index contributed by atoms with van der Waals surface area (Å²) in [6.45, 7) is 1.69. The number of hydrogen-bond donors (Lipinski definition) is 3. The molecule has 6 heteroatoms. The van der Waals surface area contributed by atoms with Crippen LogP contribution in [0, 0.1) is 0 Å². The summed E-state index contributed by atoms with van der Waals surface area (Å²) in [7, 11) is 0. The Kier molecular flexibility index (Phi) is 6.05. The summed E-state index contributed by atoms with van der Waals surface area (Å²) in [5.41, 5.74) is 1.41. The van der Waals surface area contributed by atoms with E-state index in [1.165, 1.54) is 37.7 Å². The van der Waals surface area contributed by atoms with Gasteiger partial charge in [0.25, 0.3) is 11.8 Å². The summed E-state index contributed by atoms with van der Waals surface area (Å²) in [6, 6.07) is 15.0. The topological polar surface area (TPSA) is 78.4 Å². The highest BCUT2D eigenvalue weighted by Crippen LogP contribution is 2.33. The van der Waals surface area contributed by atoms with Crippen molar-refractivity contribution in [3.63, 3.8) is 0 Å². The predicted octanol–water partition coefficient (Wildman–Crippen LogP) is 5.27. The summed E-state index contributed by atoms with van der Waals surface area (Å²) in [4.78, 5) is 25.3. The van der Waals surface area contributed by atoms with Gasteiger partial charge in [-0.25, -0.2) is 0 Å². The van der Waals surface area contributed by atoms with E-state index in [-0.39, 0.29) is 11.3 Å². The Morgan fingerprint density at radius 1 is 1.16 bits per heavy atom. The first-order valence-electron chi connectivity index (χ1n) is 10.8. The van der Waals surface area contributed by atoms with E-state index in [0.717, 1.165) is 5.56 Å². The first-order chi connectivity index (χ1) is 14.9. The molecule has 3 N–H and O–H groups in total. The molecular formula is C25H27ClN2O3. The van der Waals surface area contributed by atoms with Crippen LogP contribution in [-0.4, -0.2) is 22.5 Å². The lowest BCUT2D eigenvalue weighted by atomic mass is 9.84. The zero-order valence-electron chi connectivity index (χ0n) is 17.6. The van der Waals surface area contributed by atoms with Gasteiger partial charge in [-0.3, -0.25) is 9.59 Å². The number of benzene rings is 2. The van der Waals surface area contributed by atoms with E-state index in [1.807, 2.05) is 36.4 Å². The molecule has 31 heavy (non-hydrogen) atoms. The number of aliphatic hydroxyl groups is 1. The van der Waals surface area contributed by atoms with E-state index < -0.39 is 17.4 Å². The monoisotopic (exact) mass is 438 g/mol. The molecule has 2 aromatic carbocycles. The third-order valence-corrected chi connectivity index (χ3v) is 6.53. The maximum atomic E-state index is 12.8. The lowest BCUT2D eigenvalue weighted by Gasteiger charge is -2.24. The van der Waals surface area contributed by atoms with Crippen LogP contribution in [0.25, 0.3) is 0 Å². The molecule has 1 aliphatic heterocycles. The molecule has 1 fully saturated rings. The normalized spacial score (nSPS) is 21.8. The Balaban J connectivity index is 1.48. The van der Waals surface area contributed by atoms with E-state index >= 15 is 0 Å². The van der Waals surface area contributed by atoms with Gasteiger partial charge in [-0.1, -0.05) is 55.1 Å². The SMILES string of the molecule is CC1(Cc2cccc(Cl)c2)NC(=O)C(C(=O)Nc2ccc(C3CCCCC3)cc2)=C1O. The second-order valence-corrected chi connectivity index (χ2v) is 9.16. The number of carbonyl (C=O) groups excluding carboxylic acids is 2. The molecule has 2 aliphatic rings. The van der Waals surface area contributed by atoms with Gasteiger partial charge in [0.1, 0.15) is 11.3 Å². The van der Waals surface area contributed by atoms with Crippen LogP contribution in [0.15, 0.2) is 59.9 Å². The zero-order valence-corrected chi connectivity index (χ0v) is 18.3. The molecule has 2 aromatic rings. The van der Waals surface area contributed by atoms with Crippen LogP contribution >= 0.6 is 11.6 Å². The molecule has 0 saturated heterocycles. The van der Waals surface area contributed by atoms with Crippen molar-refractivity contribution >= 4 is 29.1 Å². The van der Waals surface area contributed by atoms with Crippen LogP contribution in [0.4, 0.5) is 5.69 Å². The molecule has 2 amide bonds. The fourth-order valence-corrected chi connectivity index (χ4v) is 4.83. The third kappa shape index (κ3) is 4.62. The summed E-state index contributed by atoms with van der Waals surface area (Å²) >= 11 is 6.04. The van der Waals surface area contributed by atoms with Gasteiger partial charge in [0.05, 0.1) is 5.54 Å². The van der Waals surface area contributed by atoms with Gasteiger partial charge < -0.3 is 15.7 Å². The average molecular weight is 439 g/mol. The Hall–Kier alpha value is -2.79. The number of carbonyl (C=O) groups is 2. The fourth-order valence-electron chi connectivity index (χ4n) is 4.62. The molecule has 1 heterocycles. The number of amides is 2. The van der Waals surface area contributed by atoms with Gasteiger partial charge in [0, 0.05) is 17.1 Å². The second-order valence-electron chi connectivity index (χ2n) is 8.73. The summed E-state index contributed by atoms with van der Waals surface area (Å²) in [6.07, 6.45) is 6.56. The van der Waals surface area contributed by atoms with Gasteiger partial charge in [0.15, 0.2) is 0 Å². The second kappa shape index (κ2) is 8.75. The van der Waals surface area contributed by atoms with Crippen molar-refractivity contribution in [2.75, 3.05) is 5.32 Å². The standard InChI is InChI=1S/C25H27ClN2O3/c1-25(15-16-6-5-9-19(26)14-16)22(29)21(24(31)28-25)23(30)27-20-12-10-18(11-13-20)17-7-3-2-4-8-17/h5-6,9-14,17,29H,2-4,7-8,15H2,1H3,(H,27,30)(H,28,31). The molecule has 0 spiro atoms. The highest BCUT2D eigenvalue weighted by Gasteiger charge is 2.44. The van der Waals surface area contributed by atoms with Crippen LogP contribution in [0.1, 0.15) is 56.1 Å². The number of aliphatic hydroxyl groups excluding tert-OH is 1. The van der Waals surface area contributed by atoms with E-state index in [9.17, 15) is 14.7 Å².